The molecule has 0 radical (unpaired) electrons. The van der Waals surface area contributed by atoms with E-state index in [1.54, 1.807) is 0 Å². The Hall–Kier alpha value is -1.51. The topological polar surface area (TPSA) is 52.3 Å². The van der Waals surface area contributed by atoms with E-state index in [1.807, 2.05) is 32.0 Å². The SMILES string of the molecule is Cc1ccc(C)c(OCC(N)=O)c1. The van der Waals surface area contributed by atoms with Crippen LogP contribution in [-0.2, 0) is 4.79 Å². The molecule has 1 rings (SSSR count). The van der Waals surface area contributed by atoms with Crippen molar-refractivity contribution in [3.05, 3.63) is 29.3 Å². The minimum atomic E-state index is -0.457. The van der Waals surface area contributed by atoms with Crippen molar-refractivity contribution in [3.8, 4) is 5.75 Å². The van der Waals surface area contributed by atoms with Crippen LogP contribution in [0.4, 0.5) is 0 Å². The Morgan fingerprint density at radius 1 is 1.46 bits per heavy atom. The van der Waals surface area contributed by atoms with Crippen LogP contribution in [0.5, 0.6) is 5.75 Å². The quantitative estimate of drug-likeness (QED) is 0.757. The van der Waals surface area contributed by atoms with Crippen LogP contribution in [-0.4, -0.2) is 12.5 Å². The molecule has 0 unspecified atom stereocenters. The first kappa shape index (κ1) is 9.58. The third-order valence-electron chi connectivity index (χ3n) is 1.71. The lowest BCUT2D eigenvalue weighted by Gasteiger charge is -2.07. The molecule has 0 aliphatic heterocycles. The standard InChI is InChI=1S/C10H13NO2/c1-7-3-4-8(2)9(5-7)13-6-10(11)12/h3-5H,6H2,1-2H3,(H2,11,12). The van der Waals surface area contributed by atoms with Gasteiger partial charge in [0.2, 0.25) is 0 Å². The van der Waals surface area contributed by atoms with Crippen LogP contribution in [0.3, 0.4) is 0 Å². The fourth-order valence-electron chi connectivity index (χ4n) is 1.01. The summed E-state index contributed by atoms with van der Waals surface area (Å²) in [6.45, 7) is 3.83. The van der Waals surface area contributed by atoms with E-state index in [0.717, 1.165) is 16.9 Å². The number of nitrogens with two attached hydrogens (primary N) is 1. The second kappa shape index (κ2) is 3.94. The summed E-state index contributed by atoms with van der Waals surface area (Å²) in [5.41, 5.74) is 7.07. The molecule has 3 heteroatoms. The fourth-order valence-corrected chi connectivity index (χ4v) is 1.01. The summed E-state index contributed by atoms with van der Waals surface area (Å²) in [5.74, 6) is 0.264. The molecule has 0 fully saturated rings. The van der Waals surface area contributed by atoms with E-state index in [-0.39, 0.29) is 6.61 Å². The Kier molecular flexibility index (Phi) is 2.90. The molecule has 0 aliphatic carbocycles. The summed E-state index contributed by atoms with van der Waals surface area (Å²) >= 11 is 0. The number of hydrogen-bond acceptors (Lipinski definition) is 2. The highest BCUT2D eigenvalue weighted by Crippen LogP contribution is 2.18. The van der Waals surface area contributed by atoms with Gasteiger partial charge in [-0.1, -0.05) is 12.1 Å². The van der Waals surface area contributed by atoms with Gasteiger partial charge in [-0.2, -0.15) is 0 Å². The molecule has 0 saturated carbocycles. The molecule has 0 bridgehead atoms. The third-order valence-corrected chi connectivity index (χ3v) is 1.71. The molecule has 3 nitrogen and oxygen atoms in total. The van der Waals surface area contributed by atoms with Crippen molar-refractivity contribution >= 4 is 5.91 Å². The summed E-state index contributed by atoms with van der Waals surface area (Å²) in [4.78, 5) is 10.5. The zero-order valence-electron chi connectivity index (χ0n) is 7.83. The molecule has 2 N–H and O–H groups in total. The predicted octanol–water partition coefficient (Wildman–Crippen LogP) is 1.17. The zero-order chi connectivity index (χ0) is 9.84. The number of rotatable bonds is 3. The Balaban J connectivity index is 2.75. The first-order chi connectivity index (χ1) is 6.09. The van der Waals surface area contributed by atoms with Gasteiger partial charge in [0.15, 0.2) is 6.61 Å². The lowest BCUT2D eigenvalue weighted by Crippen LogP contribution is -2.20. The molecule has 0 aliphatic rings. The average molecular weight is 179 g/mol. The molecular weight excluding hydrogens is 166 g/mol. The van der Waals surface area contributed by atoms with Crippen LogP contribution >= 0.6 is 0 Å². The first-order valence-electron chi connectivity index (χ1n) is 4.08. The van der Waals surface area contributed by atoms with Crippen LogP contribution in [0, 0.1) is 13.8 Å². The van der Waals surface area contributed by atoms with Gasteiger partial charge in [0.1, 0.15) is 5.75 Å². The molecule has 0 spiro atoms. The molecule has 0 saturated heterocycles. The van der Waals surface area contributed by atoms with Gasteiger partial charge in [-0.3, -0.25) is 4.79 Å². The van der Waals surface area contributed by atoms with Gasteiger partial charge >= 0.3 is 0 Å². The van der Waals surface area contributed by atoms with E-state index in [1.165, 1.54) is 0 Å². The van der Waals surface area contributed by atoms with E-state index in [4.69, 9.17) is 10.5 Å². The molecular formula is C10H13NO2. The minimum absolute atomic E-state index is 0.0652. The smallest absolute Gasteiger partial charge is 0.255 e. The monoisotopic (exact) mass is 179 g/mol. The Morgan fingerprint density at radius 2 is 2.15 bits per heavy atom. The second-order valence-electron chi connectivity index (χ2n) is 3.02. The maximum absolute atomic E-state index is 10.5. The highest BCUT2D eigenvalue weighted by atomic mass is 16.5. The number of carbonyl (C=O) groups excluding carboxylic acids is 1. The molecule has 70 valence electrons. The summed E-state index contributed by atoms with van der Waals surface area (Å²) in [6.07, 6.45) is 0. The number of amides is 1. The number of benzene rings is 1. The minimum Gasteiger partial charge on any atom is -0.484 e. The summed E-state index contributed by atoms with van der Waals surface area (Å²) in [5, 5.41) is 0. The Bertz CT molecular complexity index is 321. The molecule has 13 heavy (non-hydrogen) atoms. The molecule has 0 heterocycles. The largest absolute Gasteiger partial charge is 0.484 e. The third kappa shape index (κ3) is 2.78. The number of carbonyl (C=O) groups is 1. The fraction of sp³-hybridized carbons (Fsp3) is 0.300. The molecule has 0 aromatic heterocycles. The second-order valence-corrected chi connectivity index (χ2v) is 3.02. The maximum atomic E-state index is 10.5. The lowest BCUT2D eigenvalue weighted by molar-refractivity contribution is -0.119. The molecule has 1 aromatic carbocycles. The summed E-state index contributed by atoms with van der Waals surface area (Å²) < 4.78 is 5.20. The van der Waals surface area contributed by atoms with Crippen LogP contribution in [0.1, 0.15) is 11.1 Å². The van der Waals surface area contributed by atoms with Crippen molar-refractivity contribution in [2.75, 3.05) is 6.61 Å². The normalized spacial score (nSPS) is 9.69. The average Bonchev–Trinajstić information content (AvgIpc) is 2.06. The van der Waals surface area contributed by atoms with Gasteiger partial charge in [0.25, 0.3) is 5.91 Å². The van der Waals surface area contributed by atoms with Crippen molar-refractivity contribution in [1.29, 1.82) is 0 Å². The van der Waals surface area contributed by atoms with E-state index in [2.05, 4.69) is 0 Å². The van der Waals surface area contributed by atoms with Gasteiger partial charge in [-0.05, 0) is 31.0 Å². The van der Waals surface area contributed by atoms with E-state index in [9.17, 15) is 4.79 Å². The molecule has 1 amide bonds. The molecule has 1 aromatic rings. The highest BCUT2D eigenvalue weighted by Gasteiger charge is 2.01. The van der Waals surface area contributed by atoms with Gasteiger partial charge in [-0.15, -0.1) is 0 Å². The summed E-state index contributed by atoms with van der Waals surface area (Å²) in [7, 11) is 0. The predicted molar refractivity (Wildman–Crippen MR) is 50.6 cm³/mol. The number of hydrogen-bond donors (Lipinski definition) is 1. The van der Waals surface area contributed by atoms with Crippen molar-refractivity contribution in [2.45, 2.75) is 13.8 Å². The van der Waals surface area contributed by atoms with Crippen LogP contribution in [0.2, 0.25) is 0 Å². The number of aryl methyl sites for hydroxylation is 2. The van der Waals surface area contributed by atoms with E-state index < -0.39 is 5.91 Å². The first-order valence-corrected chi connectivity index (χ1v) is 4.08. The molecule has 0 atom stereocenters. The van der Waals surface area contributed by atoms with Gasteiger partial charge < -0.3 is 10.5 Å². The van der Waals surface area contributed by atoms with Crippen molar-refractivity contribution < 1.29 is 9.53 Å². The van der Waals surface area contributed by atoms with Crippen LogP contribution in [0.25, 0.3) is 0 Å². The van der Waals surface area contributed by atoms with Crippen LogP contribution in [0.15, 0.2) is 18.2 Å². The van der Waals surface area contributed by atoms with Crippen LogP contribution < -0.4 is 10.5 Å². The van der Waals surface area contributed by atoms with E-state index in [0.29, 0.717) is 0 Å². The lowest BCUT2D eigenvalue weighted by atomic mass is 10.1. The van der Waals surface area contributed by atoms with Gasteiger partial charge in [0, 0.05) is 0 Å². The van der Waals surface area contributed by atoms with Crippen molar-refractivity contribution in [1.82, 2.24) is 0 Å². The van der Waals surface area contributed by atoms with Gasteiger partial charge in [0.05, 0.1) is 0 Å². The van der Waals surface area contributed by atoms with Gasteiger partial charge in [-0.25, -0.2) is 0 Å². The van der Waals surface area contributed by atoms with Crippen molar-refractivity contribution in [3.63, 3.8) is 0 Å². The van der Waals surface area contributed by atoms with E-state index >= 15 is 0 Å². The summed E-state index contributed by atoms with van der Waals surface area (Å²) in [6, 6.07) is 5.83. The Morgan fingerprint density at radius 3 is 2.77 bits per heavy atom. The van der Waals surface area contributed by atoms with Crippen molar-refractivity contribution in [2.24, 2.45) is 5.73 Å². The highest BCUT2D eigenvalue weighted by molar-refractivity contribution is 5.75. The maximum Gasteiger partial charge on any atom is 0.255 e. The Labute approximate surface area is 77.5 Å². The zero-order valence-corrected chi connectivity index (χ0v) is 7.83. The number of primary amides is 1. The number of ether oxygens (including phenoxy) is 1.